The van der Waals surface area contributed by atoms with Crippen molar-refractivity contribution in [3.63, 3.8) is 0 Å². The van der Waals surface area contributed by atoms with Crippen molar-refractivity contribution in [2.75, 3.05) is 0 Å². The molecule has 0 spiro atoms. The third-order valence-corrected chi connectivity index (χ3v) is 2.74. The Bertz CT molecular complexity index is 347. The molecule has 0 saturated carbocycles. The number of hydrogen-bond donors (Lipinski definition) is 0. The highest BCUT2D eigenvalue weighted by Crippen LogP contribution is 2.18. The van der Waals surface area contributed by atoms with Crippen molar-refractivity contribution in [3.8, 4) is 0 Å². The Kier molecular flexibility index (Phi) is 4.14. The van der Waals surface area contributed by atoms with Crippen LogP contribution in [0.2, 0.25) is 0 Å². The Labute approximate surface area is 97.6 Å². The smallest absolute Gasteiger partial charge is 0.176 e. The maximum Gasteiger partial charge on any atom is 0.176 e. The van der Waals surface area contributed by atoms with Crippen molar-refractivity contribution in [1.82, 2.24) is 0 Å². The van der Waals surface area contributed by atoms with E-state index in [0.29, 0.717) is 5.88 Å². The third kappa shape index (κ3) is 2.58. The summed E-state index contributed by atoms with van der Waals surface area (Å²) in [6.07, 6.45) is 0. The Morgan fingerprint density at radius 1 is 1.57 bits per heavy atom. The minimum absolute atomic E-state index is 0.0874. The standard InChI is InChI=1S/C11H12BrClO/c1-7-3-4-9(6-13)10(5-7)11(14)8(2)12/h3-5,8H,6H2,1-2H3. The van der Waals surface area contributed by atoms with Crippen molar-refractivity contribution in [1.29, 1.82) is 0 Å². The predicted molar refractivity (Wildman–Crippen MR) is 63.5 cm³/mol. The molecule has 0 bridgehead atoms. The van der Waals surface area contributed by atoms with Crippen molar-refractivity contribution in [2.45, 2.75) is 24.6 Å². The minimum atomic E-state index is -0.161. The number of Topliss-reactive ketones (excluding diaryl/α,β-unsaturated/α-hetero) is 1. The molecule has 76 valence electrons. The van der Waals surface area contributed by atoms with Gasteiger partial charge in [-0.25, -0.2) is 0 Å². The van der Waals surface area contributed by atoms with E-state index in [1.807, 2.05) is 32.0 Å². The number of rotatable bonds is 3. The van der Waals surface area contributed by atoms with Crippen LogP contribution >= 0.6 is 27.5 Å². The Morgan fingerprint density at radius 2 is 2.21 bits per heavy atom. The molecule has 14 heavy (non-hydrogen) atoms. The van der Waals surface area contributed by atoms with Crippen LogP contribution in [0.3, 0.4) is 0 Å². The Hall–Kier alpha value is -0.340. The number of benzene rings is 1. The average molecular weight is 276 g/mol. The molecule has 0 saturated heterocycles. The van der Waals surface area contributed by atoms with E-state index in [1.165, 1.54) is 0 Å². The molecule has 0 fully saturated rings. The summed E-state index contributed by atoms with van der Waals surface area (Å²) in [6, 6.07) is 5.76. The first-order chi connectivity index (χ1) is 6.56. The molecule has 0 amide bonds. The van der Waals surface area contributed by atoms with E-state index < -0.39 is 0 Å². The van der Waals surface area contributed by atoms with Gasteiger partial charge in [0.05, 0.1) is 4.83 Å². The van der Waals surface area contributed by atoms with Gasteiger partial charge in [-0.15, -0.1) is 11.6 Å². The summed E-state index contributed by atoms with van der Waals surface area (Å²) >= 11 is 9.04. The van der Waals surface area contributed by atoms with Gasteiger partial charge in [0.1, 0.15) is 0 Å². The van der Waals surface area contributed by atoms with Gasteiger partial charge in [-0.2, -0.15) is 0 Å². The molecule has 0 aliphatic carbocycles. The fourth-order valence-electron chi connectivity index (χ4n) is 1.25. The fourth-order valence-corrected chi connectivity index (χ4v) is 1.73. The Morgan fingerprint density at radius 3 is 2.71 bits per heavy atom. The summed E-state index contributed by atoms with van der Waals surface area (Å²) in [4.78, 5) is 11.6. The molecule has 1 aromatic carbocycles. The van der Waals surface area contributed by atoms with Crippen molar-refractivity contribution >= 4 is 33.3 Å². The van der Waals surface area contributed by atoms with Crippen LogP contribution in [-0.2, 0) is 5.88 Å². The molecule has 0 aliphatic rings. The first-order valence-corrected chi connectivity index (χ1v) is 5.85. The van der Waals surface area contributed by atoms with Crippen LogP contribution in [0.1, 0.15) is 28.4 Å². The lowest BCUT2D eigenvalue weighted by Crippen LogP contribution is -2.12. The van der Waals surface area contributed by atoms with E-state index in [4.69, 9.17) is 11.6 Å². The molecule has 0 N–H and O–H groups in total. The Balaban J connectivity index is 3.17. The van der Waals surface area contributed by atoms with Gasteiger partial charge in [0.2, 0.25) is 0 Å². The summed E-state index contributed by atoms with van der Waals surface area (Å²) < 4.78 is 0. The van der Waals surface area contributed by atoms with Crippen molar-refractivity contribution in [3.05, 3.63) is 34.9 Å². The number of aryl methyl sites for hydroxylation is 1. The van der Waals surface area contributed by atoms with Gasteiger partial charge >= 0.3 is 0 Å². The largest absolute Gasteiger partial charge is 0.293 e. The molecule has 3 heteroatoms. The van der Waals surface area contributed by atoms with Crippen LogP contribution in [0.5, 0.6) is 0 Å². The van der Waals surface area contributed by atoms with Crippen LogP contribution in [0.4, 0.5) is 0 Å². The van der Waals surface area contributed by atoms with Gasteiger partial charge in [0, 0.05) is 11.4 Å². The average Bonchev–Trinajstić information content (AvgIpc) is 2.16. The van der Waals surface area contributed by atoms with Gasteiger partial charge < -0.3 is 0 Å². The highest BCUT2D eigenvalue weighted by molar-refractivity contribution is 9.10. The SMILES string of the molecule is Cc1ccc(CCl)c(C(=O)C(C)Br)c1. The number of carbonyl (C=O) groups is 1. The van der Waals surface area contributed by atoms with Crippen LogP contribution in [-0.4, -0.2) is 10.6 Å². The zero-order chi connectivity index (χ0) is 10.7. The van der Waals surface area contributed by atoms with E-state index >= 15 is 0 Å². The highest BCUT2D eigenvalue weighted by Gasteiger charge is 2.15. The summed E-state index contributed by atoms with van der Waals surface area (Å²) in [6.45, 7) is 3.79. The van der Waals surface area contributed by atoms with Crippen molar-refractivity contribution < 1.29 is 4.79 Å². The second kappa shape index (κ2) is 4.94. The quantitative estimate of drug-likeness (QED) is 0.607. The molecule has 0 aromatic heterocycles. The minimum Gasteiger partial charge on any atom is -0.293 e. The van der Waals surface area contributed by atoms with E-state index in [9.17, 15) is 4.79 Å². The van der Waals surface area contributed by atoms with E-state index in [1.54, 1.807) is 0 Å². The first-order valence-electron chi connectivity index (χ1n) is 4.40. The molecule has 1 nitrogen and oxygen atoms in total. The van der Waals surface area contributed by atoms with Crippen molar-refractivity contribution in [2.24, 2.45) is 0 Å². The van der Waals surface area contributed by atoms with Gasteiger partial charge in [-0.1, -0.05) is 33.6 Å². The zero-order valence-corrected chi connectivity index (χ0v) is 10.5. The van der Waals surface area contributed by atoms with Gasteiger partial charge in [0.25, 0.3) is 0 Å². The fraction of sp³-hybridized carbons (Fsp3) is 0.364. The monoisotopic (exact) mass is 274 g/mol. The molecule has 1 atom stereocenters. The maximum absolute atomic E-state index is 11.8. The zero-order valence-electron chi connectivity index (χ0n) is 8.18. The van der Waals surface area contributed by atoms with Gasteiger partial charge in [-0.3, -0.25) is 4.79 Å². The van der Waals surface area contributed by atoms with Crippen LogP contribution < -0.4 is 0 Å². The van der Waals surface area contributed by atoms with E-state index in [-0.39, 0.29) is 10.6 Å². The van der Waals surface area contributed by atoms with Gasteiger partial charge in [-0.05, 0) is 25.5 Å². The van der Waals surface area contributed by atoms with Crippen LogP contribution in [0.15, 0.2) is 18.2 Å². The molecule has 0 aliphatic heterocycles. The first kappa shape index (κ1) is 11.7. The number of hydrogen-bond acceptors (Lipinski definition) is 1. The molecular formula is C11H12BrClO. The molecule has 0 radical (unpaired) electrons. The normalized spacial score (nSPS) is 12.6. The third-order valence-electron chi connectivity index (χ3n) is 2.04. The molecule has 1 aromatic rings. The second-order valence-corrected chi connectivity index (χ2v) is 4.92. The molecule has 1 rings (SSSR count). The van der Waals surface area contributed by atoms with Gasteiger partial charge in [0.15, 0.2) is 5.78 Å². The summed E-state index contributed by atoms with van der Waals surface area (Å²) in [5.74, 6) is 0.463. The molecular weight excluding hydrogens is 263 g/mol. The number of ketones is 1. The lowest BCUT2D eigenvalue weighted by Gasteiger charge is -2.08. The highest BCUT2D eigenvalue weighted by atomic mass is 79.9. The van der Waals surface area contributed by atoms with Crippen LogP contribution in [0, 0.1) is 6.92 Å². The topological polar surface area (TPSA) is 17.1 Å². The lowest BCUT2D eigenvalue weighted by atomic mass is 10.0. The number of alkyl halides is 2. The number of carbonyl (C=O) groups excluding carboxylic acids is 1. The summed E-state index contributed by atoms with van der Waals surface area (Å²) in [5.41, 5.74) is 2.70. The summed E-state index contributed by atoms with van der Waals surface area (Å²) in [7, 11) is 0. The maximum atomic E-state index is 11.8. The summed E-state index contributed by atoms with van der Waals surface area (Å²) in [5, 5.41) is 0. The second-order valence-electron chi connectivity index (χ2n) is 3.27. The predicted octanol–water partition coefficient (Wildman–Crippen LogP) is 3.70. The van der Waals surface area contributed by atoms with Crippen LogP contribution in [0.25, 0.3) is 0 Å². The van der Waals surface area contributed by atoms with E-state index in [2.05, 4.69) is 15.9 Å². The van der Waals surface area contributed by atoms with E-state index in [0.717, 1.165) is 16.7 Å². The molecule has 1 unspecified atom stereocenters. The number of halogens is 2. The molecule has 0 heterocycles. The lowest BCUT2D eigenvalue weighted by molar-refractivity contribution is 0.0995.